The van der Waals surface area contributed by atoms with Gasteiger partial charge in [-0.3, -0.25) is 0 Å². The maximum Gasteiger partial charge on any atom is 0.198 e. The quantitative estimate of drug-likeness (QED) is 0.709. The molecule has 15 heavy (non-hydrogen) atoms. The Morgan fingerprint density at radius 2 is 2.07 bits per heavy atom. The van der Waals surface area contributed by atoms with Gasteiger partial charge in [0.1, 0.15) is 10.5 Å². The summed E-state index contributed by atoms with van der Waals surface area (Å²) in [6.07, 6.45) is 2.30. The average Bonchev–Trinajstić information content (AvgIpc) is 2.97. The van der Waals surface area contributed by atoms with Crippen LogP contribution in [0.1, 0.15) is 24.7 Å². The lowest BCUT2D eigenvalue weighted by molar-refractivity contribution is 0.533. The summed E-state index contributed by atoms with van der Waals surface area (Å²) >= 11 is 15.4. The van der Waals surface area contributed by atoms with Crippen LogP contribution < -0.4 is 0 Å². The Hall–Kier alpha value is -0.250. The number of halogens is 3. The van der Waals surface area contributed by atoms with Crippen LogP contribution in [-0.4, -0.2) is 4.98 Å². The molecule has 0 radical (unpaired) electrons. The van der Waals surface area contributed by atoms with Gasteiger partial charge in [-0.1, -0.05) is 23.2 Å². The van der Waals surface area contributed by atoms with Crippen LogP contribution in [0, 0.1) is 0 Å². The van der Waals surface area contributed by atoms with Gasteiger partial charge in [0.15, 0.2) is 11.5 Å². The van der Waals surface area contributed by atoms with Gasteiger partial charge in [0.05, 0.1) is 5.02 Å². The highest BCUT2D eigenvalue weighted by Crippen LogP contribution is 2.43. The number of fused-ring (bicyclic) bond motifs is 1. The van der Waals surface area contributed by atoms with Crippen LogP contribution in [-0.2, 0) is 0 Å². The maximum absolute atomic E-state index is 6.07. The highest BCUT2D eigenvalue weighted by atomic mass is 79.9. The summed E-state index contributed by atoms with van der Waals surface area (Å²) in [6, 6.07) is 1.83. The van der Waals surface area contributed by atoms with Gasteiger partial charge in [0.25, 0.3) is 0 Å². The molecule has 1 aliphatic carbocycles. The first kappa shape index (κ1) is 9.94. The zero-order valence-corrected chi connectivity index (χ0v) is 10.7. The molecule has 2 nitrogen and oxygen atoms in total. The molecule has 1 aliphatic rings. The Morgan fingerprint density at radius 1 is 1.33 bits per heavy atom. The Labute approximate surface area is 105 Å². The number of benzene rings is 1. The van der Waals surface area contributed by atoms with Crippen molar-refractivity contribution in [1.29, 1.82) is 0 Å². The van der Waals surface area contributed by atoms with Gasteiger partial charge >= 0.3 is 0 Å². The van der Waals surface area contributed by atoms with Gasteiger partial charge in [-0.2, -0.15) is 0 Å². The summed E-state index contributed by atoms with van der Waals surface area (Å²) in [5, 5.41) is 0.906. The van der Waals surface area contributed by atoms with E-state index in [1.807, 2.05) is 6.07 Å². The second-order valence-electron chi connectivity index (χ2n) is 3.66. The molecule has 1 fully saturated rings. The van der Waals surface area contributed by atoms with Crippen LogP contribution in [0.3, 0.4) is 0 Å². The fraction of sp³-hybridized carbons (Fsp3) is 0.300. The number of nitrogens with zero attached hydrogens (tertiary/aromatic N) is 1. The molecule has 0 atom stereocenters. The maximum atomic E-state index is 6.07. The zero-order chi connectivity index (χ0) is 10.6. The summed E-state index contributed by atoms with van der Waals surface area (Å²) in [7, 11) is 0. The van der Waals surface area contributed by atoms with Gasteiger partial charge in [0, 0.05) is 10.4 Å². The minimum absolute atomic E-state index is 0.431. The Kier molecular flexibility index (Phi) is 2.23. The summed E-state index contributed by atoms with van der Waals surface area (Å²) in [5.74, 6) is 1.26. The normalized spacial score (nSPS) is 16.2. The molecule has 0 bridgehead atoms. The van der Waals surface area contributed by atoms with Crippen molar-refractivity contribution < 1.29 is 4.42 Å². The lowest BCUT2D eigenvalue weighted by Crippen LogP contribution is -1.76. The smallest absolute Gasteiger partial charge is 0.198 e. The molecule has 0 unspecified atom stereocenters. The number of rotatable bonds is 1. The van der Waals surface area contributed by atoms with Crippen LogP contribution in [0.4, 0.5) is 0 Å². The van der Waals surface area contributed by atoms with E-state index in [1.54, 1.807) is 0 Å². The van der Waals surface area contributed by atoms with E-state index in [4.69, 9.17) is 27.6 Å². The SMILES string of the molecule is Clc1c(Br)cc2nc(C3CC3)oc2c1Cl. The molecule has 0 saturated heterocycles. The first-order valence-corrected chi connectivity index (χ1v) is 6.15. The Bertz CT molecular complexity index is 548. The van der Waals surface area contributed by atoms with Gasteiger partial charge in [-0.15, -0.1) is 0 Å². The van der Waals surface area contributed by atoms with Crippen molar-refractivity contribution in [2.75, 3.05) is 0 Å². The summed E-state index contributed by atoms with van der Waals surface area (Å²) in [5.41, 5.74) is 1.35. The average molecular weight is 307 g/mol. The van der Waals surface area contributed by atoms with Crippen LogP contribution in [0.25, 0.3) is 11.1 Å². The van der Waals surface area contributed by atoms with E-state index < -0.39 is 0 Å². The van der Waals surface area contributed by atoms with Crippen molar-refractivity contribution in [2.24, 2.45) is 0 Å². The van der Waals surface area contributed by atoms with E-state index in [0.717, 1.165) is 28.7 Å². The molecule has 78 valence electrons. The molecule has 1 heterocycles. The Morgan fingerprint density at radius 3 is 2.73 bits per heavy atom. The van der Waals surface area contributed by atoms with Crippen molar-refractivity contribution >= 4 is 50.2 Å². The van der Waals surface area contributed by atoms with Crippen LogP contribution in [0.15, 0.2) is 15.0 Å². The minimum atomic E-state index is 0.431. The van der Waals surface area contributed by atoms with E-state index in [1.165, 1.54) is 0 Å². The van der Waals surface area contributed by atoms with Crippen molar-refractivity contribution in [1.82, 2.24) is 4.98 Å². The molecule has 0 N–H and O–H groups in total. The van der Waals surface area contributed by atoms with Crippen molar-refractivity contribution in [3.05, 3.63) is 26.5 Å². The van der Waals surface area contributed by atoms with Gasteiger partial charge in [-0.05, 0) is 34.8 Å². The van der Waals surface area contributed by atoms with E-state index in [-0.39, 0.29) is 0 Å². The first-order chi connectivity index (χ1) is 7.16. The highest BCUT2D eigenvalue weighted by Gasteiger charge is 2.29. The molecule has 1 aromatic heterocycles. The van der Waals surface area contributed by atoms with E-state index in [0.29, 0.717) is 21.5 Å². The molecule has 5 heteroatoms. The monoisotopic (exact) mass is 305 g/mol. The number of hydrogen-bond acceptors (Lipinski definition) is 2. The molecule has 0 aliphatic heterocycles. The molecule has 1 saturated carbocycles. The molecule has 3 rings (SSSR count). The molecule has 1 aromatic carbocycles. The number of oxazole rings is 1. The van der Waals surface area contributed by atoms with Crippen LogP contribution in [0.2, 0.25) is 10.0 Å². The predicted octanol–water partition coefficient (Wildman–Crippen LogP) is 4.77. The van der Waals surface area contributed by atoms with Gasteiger partial charge in [-0.25, -0.2) is 4.98 Å². The molecule has 0 spiro atoms. The van der Waals surface area contributed by atoms with Gasteiger partial charge in [0.2, 0.25) is 0 Å². The lowest BCUT2D eigenvalue weighted by atomic mass is 10.3. The first-order valence-electron chi connectivity index (χ1n) is 4.60. The standard InChI is InChI=1S/C10H6BrCl2NO/c11-5-3-6-9(8(13)7(5)12)15-10(14-6)4-1-2-4/h3-4H,1-2H2. The largest absolute Gasteiger partial charge is 0.439 e. The second-order valence-corrected chi connectivity index (χ2v) is 5.27. The summed E-state index contributed by atoms with van der Waals surface area (Å²) < 4.78 is 6.36. The molecular formula is C10H6BrCl2NO. The molecule has 2 aromatic rings. The summed E-state index contributed by atoms with van der Waals surface area (Å²) in [4.78, 5) is 4.40. The topological polar surface area (TPSA) is 26.0 Å². The fourth-order valence-corrected chi connectivity index (χ4v) is 2.40. The van der Waals surface area contributed by atoms with Crippen molar-refractivity contribution in [2.45, 2.75) is 18.8 Å². The van der Waals surface area contributed by atoms with Gasteiger partial charge < -0.3 is 4.42 Å². The third kappa shape index (κ3) is 1.57. The van der Waals surface area contributed by atoms with E-state index >= 15 is 0 Å². The predicted molar refractivity (Wildman–Crippen MR) is 63.7 cm³/mol. The van der Waals surface area contributed by atoms with E-state index in [2.05, 4.69) is 20.9 Å². The number of hydrogen-bond donors (Lipinski definition) is 0. The summed E-state index contributed by atoms with van der Waals surface area (Å²) in [6.45, 7) is 0. The van der Waals surface area contributed by atoms with Crippen molar-refractivity contribution in [3.8, 4) is 0 Å². The van der Waals surface area contributed by atoms with Crippen LogP contribution >= 0.6 is 39.1 Å². The molecule has 0 amide bonds. The third-order valence-corrected chi connectivity index (χ3v) is 4.17. The van der Waals surface area contributed by atoms with Crippen molar-refractivity contribution in [3.63, 3.8) is 0 Å². The Balaban J connectivity index is 2.29. The zero-order valence-electron chi connectivity index (χ0n) is 7.56. The minimum Gasteiger partial charge on any atom is -0.439 e. The molecular weight excluding hydrogens is 301 g/mol. The lowest BCUT2D eigenvalue weighted by Gasteiger charge is -1.97. The van der Waals surface area contributed by atoms with Crippen LogP contribution in [0.5, 0.6) is 0 Å². The fourth-order valence-electron chi connectivity index (χ4n) is 1.50. The third-order valence-electron chi connectivity index (χ3n) is 2.46. The second kappa shape index (κ2) is 3.37. The number of aromatic nitrogens is 1. The van der Waals surface area contributed by atoms with E-state index in [9.17, 15) is 0 Å². The highest BCUT2D eigenvalue weighted by molar-refractivity contribution is 9.10.